The fourth-order valence-corrected chi connectivity index (χ4v) is 2.80. The molecule has 1 aliphatic rings. The summed E-state index contributed by atoms with van der Waals surface area (Å²) in [7, 11) is -3.33. The molecular formula is C11H20N2O5S. The molecule has 2 N–H and O–H groups in total. The highest BCUT2D eigenvalue weighted by Crippen LogP contribution is 2.16. The van der Waals surface area contributed by atoms with Gasteiger partial charge in [-0.25, -0.2) is 8.42 Å². The predicted molar refractivity (Wildman–Crippen MR) is 69.5 cm³/mol. The number of hydrogen-bond donors (Lipinski definition) is 2. The topological polar surface area (TPSA) is 104 Å². The highest BCUT2D eigenvalue weighted by Gasteiger charge is 2.34. The third-order valence-electron chi connectivity index (χ3n) is 3.15. The molecular weight excluding hydrogens is 272 g/mol. The third kappa shape index (κ3) is 3.90. The third-order valence-corrected chi connectivity index (χ3v) is 5.73. The van der Waals surface area contributed by atoms with Gasteiger partial charge >= 0.3 is 5.97 Å². The van der Waals surface area contributed by atoms with Crippen molar-refractivity contribution in [3.63, 3.8) is 0 Å². The first-order valence-corrected chi connectivity index (χ1v) is 7.65. The lowest BCUT2D eigenvalue weighted by Gasteiger charge is -2.33. The fraction of sp³-hybridized carbons (Fsp3) is 0.818. The molecule has 0 aromatic rings. The molecule has 0 aromatic carbocycles. The van der Waals surface area contributed by atoms with Gasteiger partial charge in [0.15, 0.2) is 9.84 Å². The van der Waals surface area contributed by atoms with E-state index < -0.39 is 26.6 Å². The molecule has 1 atom stereocenters. The van der Waals surface area contributed by atoms with Crippen LogP contribution in [0.3, 0.4) is 0 Å². The molecule has 1 amide bonds. The smallest absolute Gasteiger partial charge is 0.322 e. The first-order valence-electron chi connectivity index (χ1n) is 6.00. The molecule has 0 aromatic heterocycles. The van der Waals surface area contributed by atoms with Crippen LogP contribution in [0.25, 0.3) is 0 Å². The Morgan fingerprint density at radius 3 is 2.53 bits per heavy atom. The highest BCUT2D eigenvalue weighted by molar-refractivity contribution is 7.92. The van der Waals surface area contributed by atoms with Crippen LogP contribution >= 0.6 is 0 Å². The van der Waals surface area contributed by atoms with Crippen molar-refractivity contribution in [3.05, 3.63) is 0 Å². The second-order valence-electron chi connectivity index (χ2n) is 5.56. The lowest BCUT2D eigenvalue weighted by Crippen LogP contribution is -2.58. The van der Waals surface area contributed by atoms with E-state index in [4.69, 9.17) is 5.11 Å². The molecule has 0 aliphatic carbocycles. The van der Waals surface area contributed by atoms with E-state index in [1.165, 1.54) is 4.90 Å². The maximum Gasteiger partial charge on any atom is 0.322 e. The van der Waals surface area contributed by atoms with Crippen LogP contribution in [-0.2, 0) is 19.4 Å². The predicted octanol–water partition coefficient (Wildman–Crippen LogP) is -0.915. The van der Waals surface area contributed by atoms with Gasteiger partial charge in [-0.15, -0.1) is 0 Å². The van der Waals surface area contributed by atoms with Crippen LogP contribution in [-0.4, -0.2) is 66.5 Å². The van der Waals surface area contributed by atoms with Crippen molar-refractivity contribution in [1.29, 1.82) is 0 Å². The minimum Gasteiger partial charge on any atom is -0.480 e. The molecule has 19 heavy (non-hydrogen) atoms. The molecule has 8 heteroatoms. The number of aliphatic carboxylic acids is 1. The first kappa shape index (κ1) is 15.9. The molecule has 1 heterocycles. The van der Waals surface area contributed by atoms with Crippen molar-refractivity contribution < 1.29 is 23.1 Å². The Morgan fingerprint density at radius 1 is 1.47 bits per heavy atom. The van der Waals surface area contributed by atoms with Gasteiger partial charge in [0, 0.05) is 13.1 Å². The highest BCUT2D eigenvalue weighted by atomic mass is 32.2. The zero-order valence-corrected chi connectivity index (χ0v) is 12.2. The van der Waals surface area contributed by atoms with Crippen molar-refractivity contribution in [1.82, 2.24) is 10.2 Å². The van der Waals surface area contributed by atoms with Gasteiger partial charge in [0.2, 0.25) is 5.91 Å². The van der Waals surface area contributed by atoms with Gasteiger partial charge in [0.25, 0.3) is 0 Å². The first-order chi connectivity index (χ1) is 8.54. The number of carbonyl (C=O) groups excluding carboxylic acids is 1. The number of carboxylic acid groups (broad SMARTS) is 1. The van der Waals surface area contributed by atoms with Crippen LogP contribution in [0.1, 0.15) is 20.8 Å². The van der Waals surface area contributed by atoms with Gasteiger partial charge in [0.05, 0.1) is 17.0 Å². The zero-order valence-electron chi connectivity index (χ0n) is 11.3. The number of rotatable bonds is 4. The Hall–Kier alpha value is -1.15. The summed E-state index contributed by atoms with van der Waals surface area (Å²) in [5, 5.41) is 11.5. The summed E-state index contributed by atoms with van der Waals surface area (Å²) in [6, 6.07) is -0.868. The average Bonchev–Trinajstić information content (AvgIpc) is 2.24. The van der Waals surface area contributed by atoms with Gasteiger partial charge in [-0.05, 0) is 20.8 Å². The van der Waals surface area contributed by atoms with Gasteiger partial charge in [-0.1, -0.05) is 0 Å². The molecule has 1 aliphatic heterocycles. The SMILES string of the molecule is CC(C)(C)S(=O)(=O)CCN1CC(=O)NCC1C(=O)O. The number of amides is 1. The Labute approximate surface area is 112 Å². The minimum absolute atomic E-state index is 0.00370. The summed E-state index contributed by atoms with van der Waals surface area (Å²) < 4.78 is 23.1. The van der Waals surface area contributed by atoms with Crippen LogP contribution in [0, 0.1) is 0 Å². The van der Waals surface area contributed by atoms with E-state index in [2.05, 4.69) is 5.32 Å². The molecule has 110 valence electrons. The number of nitrogens with zero attached hydrogens (tertiary/aromatic N) is 1. The Balaban J connectivity index is 2.73. The van der Waals surface area contributed by atoms with E-state index >= 15 is 0 Å². The van der Waals surface area contributed by atoms with Crippen molar-refractivity contribution >= 4 is 21.7 Å². The summed E-state index contributed by atoms with van der Waals surface area (Å²) in [5.74, 6) is -1.51. The van der Waals surface area contributed by atoms with Crippen LogP contribution in [0.5, 0.6) is 0 Å². The van der Waals surface area contributed by atoms with Crippen LogP contribution in [0.15, 0.2) is 0 Å². The van der Waals surface area contributed by atoms with Gasteiger partial charge in [-0.3, -0.25) is 14.5 Å². The monoisotopic (exact) mass is 292 g/mol. The molecule has 0 spiro atoms. The second-order valence-corrected chi connectivity index (χ2v) is 8.42. The maximum absolute atomic E-state index is 12.0. The summed E-state index contributed by atoms with van der Waals surface area (Å²) in [5.41, 5.74) is 0. The van der Waals surface area contributed by atoms with Crippen LogP contribution in [0.4, 0.5) is 0 Å². The fourth-order valence-electron chi connectivity index (χ4n) is 1.71. The molecule has 0 saturated carbocycles. The molecule has 0 bridgehead atoms. The number of sulfone groups is 1. The molecule has 1 unspecified atom stereocenters. The molecule has 1 saturated heterocycles. The number of carbonyl (C=O) groups is 2. The van der Waals surface area contributed by atoms with E-state index in [-0.39, 0.29) is 31.3 Å². The Bertz CT molecular complexity index is 466. The second kappa shape index (κ2) is 5.46. The quantitative estimate of drug-likeness (QED) is 0.695. The number of piperazine rings is 1. The average molecular weight is 292 g/mol. The summed E-state index contributed by atoms with van der Waals surface area (Å²) in [4.78, 5) is 23.7. The lowest BCUT2D eigenvalue weighted by atomic mass is 10.2. The van der Waals surface area contributed by atoms with Crippen molar-refractivity contribution in [2.45, 2.75) is 31.6 Å². The Morgan fingerprint density at radius 2 is 2.05 bits per heavy atom. The number of hydrogen-bond acceptors (Lipinski definition) is 5. The van der Waals surface area contributed by atoms with Gasteiger partial charge in [0.1, 0.15) is 6.04 Å². The standard InChI is InChI=1S/C11H20N2O5S/c1-11(2,3)19(17,18)5-4-13-7-9(14)12-6-8(13)10(15)16/h8H,4-7H2,1-3H3,(H,12,14)(H,15,16). The largest absolute Gasteiger partial charge is 0.480 e. The summed E-state index contributed by atoms with van der Waals surface area (Å²) in [6.45, 7) is 4.75. The van der Waals surface area contributed by atoms with Crippen molar-refractivity contribution in [2.75, 3.05) is 25.4 Å². The van der Waals surface area contributed by atoms with Gasteiger partial charge < -0.3 is 10.4 Å². The van der Waals surface area contributed by atoms with E-state index in [0.29, 0.717) is 0 Å². The Kier molecular flexibility index (Phi) is 4.57. The van der Waals surface area contributed by atoms with E-state index in [0.717, 1.165) is 0 Å². The van der Waals surface area contributed by atoms with Crippen molar-refractivity contribution in [2.24, 2.45) is 0 Å². The van der Waals surface area contributed by atoms with Crippen LogP contribution < -0.4 is 5.32 Å². The van der Waals surface area contributed by atoms with E-state index in [9.17, 15) is 18.0 Å². The number of carboxylic acids is 1. The molecule has 0 radical (unpaired) electrons. The number of nitrogens with one attached hydrogen (secondary N) is 1. The van der Waals surface area contributed by atoms with E-state index in [1.54, 1.807) is 20.8 Å². The normalized spacial score (nSPS) is 22.1. The zero-order chi connectivity index (χ0) is 14.8. The van der Waals surface area contributed by atoms with Crippen molar-refractivity contribution in [3.8, 4) is 0 Å². The molecule has 1 rings (SSSR count). The lowest BCUT2D eigenvalue weighted by molar-refractivity contribution is -0.145. The van der Waals surface area contributed by atoms with Gasteiger partial charge in [-0.2, -0.15) is 0 Å². The summed E-state index contributed by atoms with van der Waals surface area (Å²) >= 11 is 0. The van der Waals surface area contributed by atoms with E-state index in [1.807, 2.05) is 0 Å². The maximum atomic E-state index is 12.0. The van der Waals surface area contributed by atoms with Crippen LogP contribution in [0.2, 0.25) is 0 Å². The summed E-state index contributed by atoms with van der Waals surface area (Å²) in [6.07, 6.45) is 0. The molecule has 1 fully saturated rings. The molecule has 7 nitrogen and oxygen atoms in total. The minimum atomic E-state index is -3.33.